The van der Waals surface area contributed by atoms with Gasteiger partial charge in [-0.2, -0.15) is 0 Å². The van der Waals surface area contributed by atoms with Crippen LogP contribution in [0.4, 0.5) is 4.79 Å². The highest BCUT2D eigenvalue weighted by molar-refractivity contribution is 7.17. The summed E-state index contributed by atoms with van der Waals surface area (Å²) in [7, 11) is 1.72. The van der Waals surface area contributed by atoms with Gasteiger partial charge < -0.3 is 19.5 Å². The molecule has 0 unspecified atom stereocenters. The smallest absolute Gasteiger partial charge is 0.410 e. The van der Waals surface area contributed by atoms with Crippen molar-refractivity contribution in [3.05, 3.63) is 23.2 Å². The molecule has 6 nitrogen and oxygen atoms in total. The topological polar surface area (TPSA) is 65.6 Å². The van der Waals surface area contributed by atoms with Crippen molar-refractivity contribution < 1.29 is 14.3 Å². The minimum absolute atomic E-state index is 0.0270. The van der Waals surface area contributed by atoms with Crippen molar-refractivity contribution in [3.63, 3.8) is 0 Å². The van der Waals surface area contributed by atoms with Crippen LogP contribution >= 0.6 is 11.3 Å². The summed E-state index contributed by atoms with van der Waals surface area (Å²) in [5, 5.41) is 1.99. The fraction of sp³-hybridized carbons (Fsp3) is 0.429. The van der Waals surface area contributed by atoms with Crippen LogP contribution in [0.3, 0.4) is 0 Å². The monoisotopic (exact) mass is 305 g/mol. The third-order valence-corrected chi connectivity index (χ3v) is 5.08. The van der Waals surface area contributed by atoms with Gasteiger partial charge in [-0.15, -0.1) is 11.3 Å². The summed E-state index contributed by atoms with van der Waals surface area (Å²) < 4.78 is 6.55. The molecule has 0 saturated carbocycles. The molecule has 21 heavy (non-hydrogen) atoms. The van der Waals surface area contributed by atoms with E-state index >= 15 is 0 Å². The molecule has 1 atom stereocenters. The van der Waals surface area contributed by atoms with E-state index in [0.717, 1.165) is 10.2 Å². The third kappa shape index (κ3) is 1.91. The second-order valence-electron chi connectivity index (χ2n) is 5.77. The molecule has 2 aliphatic heterocycles. The lowest BCUT2D eigenvalue weighted by atomic mass is 10.0. The van der Waals surface area contributed by atoms with Gasteiger partial charge in [0.25, 0.3) is 5.91 Å². The zero-order valence-electron chi connectivity index (χ0n) is 11.6. The Kier molecular flexibility index (Phi) is 2.56. The second-order valence-corrected chi connectivity index (χ2v) is 6.71. The predicted octanol–water partition coefficient (Wildman–Crippen LogP) is 1.90. The van der Waals surface area contributed by atoms with Gasteiger partial charge in [-0.25, -0.2) is 4.79 Å². The third-order valence-electron chi connectivity index (χ3n) is 4.21. The number of nitrogens with zero attached hydrogens (tertiary/aromatic N) is 2. The molecule has 0 bridgehead atoms. The quantitative estimate of drug-likeness (QED) is 0.875. The number of rotatable bonds is 1. The van der Waals surface area contributed by atoms with Crippen LogP contribution in [0.2, 0.25) is 0 Å². The standard InChI is InChI=1S/C14H15N3O3S/c1-16-7-14(20-13(16)19)3-4-17(8-14)12(18)10-6-11-9(15-10)2-5-21-11/h2,5-6,15H,3-4,7-8H2,1H3/t14-/m1/s1. The van der Waals surface area contributed by atoms with Gasteiger partial charge in [0.2, 0.25) is 0 Å². The number of fused-ring (bicyclic) bond motifs is 1. The number of hydrogen-bond donors (Lipinski definition) is 1. The van der Waals surface area contributed by atoms with E-state index in [9.17, 15) is 9.59 Å². The molecule has 4 heterocycles. The molecule has 1 spiro atoms. The van der Waals surface area contributed by atoms with E-state index < -0.39 is 5.60 Å². The number of aromatic nitrogens is 1. The number of ether oxygens (including phenoxy) is 1. The number of likely N-dealkylation sites (tertiary alicyclic amines) is 1. The van der Waals surface area contributed by atoms with E-state index in [1.807, 2.05) is 17.5 Å². The number of nitrogens with one attached hydrogen (secondary N) is 1. The van der Waals surface area contributed by atoms with Crippen LogP contribution in [0.15, 0.2) is 17.5 Å². The summed E-state index contributed by atoms with van der Waals surface area (Å²) in [6.07, 6.45) is 0.397. The largest absolute Gasteiger partial charge is 0.439 e. The predicted molar refractivity (Wildman–Crippen MR) is 78.5 cm³/mol. The first-order chi connectivity index (χ1) is 10.1. The first kappa shape index (κ1) is 12.7. The molecule has 7 heteroatoms. The molecule has 2 saturated heterocycles. The van der Waals surface area contributed by atoms with Gasteiger partial charge >= 0.3 is 6.09 Å². The summed E-state index contributed by atoms with van der Waals surface area (Å²) >= 11 is 1.61. The van der Waals surface area contributed by atoms with Crippen molar-refractivity contribution in [3.8, 4) is 0 Å². The molecule has 110 valence electrons. The summed E-state index contributed by atoms with van der Waals surface area (Å²) in [4.78, 5) is 30.6. The van der Waals surface area contributed by atoms with Gasteiger partial charge in [0, 0.05) is 20.0 Å². The molecule has 4 rings (SSSR count). The zero-order chi connectivity index (χ0) is 14.6. The molecule has 2 fully saturated rings. The fourth-order valence-electron chi connectivity index (χ4n) is 3.16. The van der Waals surface area contributed by atoms with Crippen molar-refractivity contribution in [2.24, 2.45) is 0 Å². The lowest BCUT2D eigenvalue weighted by Gasteiger charge is -2.21. The molecule has 0 radical (unpaired) electrons. The second kappa shape index (κ2) is 4.24. The number of carbonyl (C=O) groups excluding carboxylic acids is 2. The first-order valence-electron chi connectivity index (χ1n) is 6.86. The van der Waals surface area contributed by atoms with Gasteiger partial charge in [-0.1, -0.05) is 0 Å². The van der Waals surface area contributed by atoms with Crippen LogP contribution in [-0.4, -0.2) is 59.1 Å². The molecule has 1 N–H and O–H groups in total. The van der Waals surface area contributed by atoms with Crippen LogP contribution < -0.4 is 0 Å². The van der Waals surface area contributed by atoms with Crippen molar-refractivity contribution in [2.75, 3.05) is 26.7 Å². The Labute approximate surface area is 125 Å². The molecular weight excluding hydrogens is 290 g/mol. The average Bonchev–Trinajstić information content (AvgIpc) is 3.14. The SMILES string of the molecule is CN1C[C@@]2(CCN(C(=O)c3cc4sccc4[nH]3)C2)OC1=O. The van der Waals surface area contributed by atoms with E-state index in [1.165, 1.54) is 0 Å². The Morgan fingerprint density at radius 3 is 3.05 bits per heavy atom. The highest BCUT2D eigenvalue weighted by Gasteiger charge is 2.49. The summed E-state index contributed by atoms with van der Waals surface area (Å²) in [6, 6.07) is 3.86. The lowest BCUT2D eigenvalue weighted by molar-refractivity contribution is 0.0551. The van der Waals surface area contributed by atoms with E-state index in [0.29, 0.717) is 31.7 Å². The minimum Gasteiger partial charge on any atom is -0.439 e. The number of H-pyrrole nitrogens is 1. The molecular formula is C14H15N3O3S. The molecule has 2 aromatic heterocycles. The van der Waals surface area contributed by atoms with Gasteiger partial charge in [0.05, 0.1) is 23.3 Å². The molecule has 2 aromatic rings. The van der Waals surface area contributed by atoms with Gasteiger partial charge in [-0.3, -0.25) is 4.79 Å². The molecule has 0 aromatic carbocycles. The van der Waals surface area contributed by atoms with Gasteiger partial charge in [0.1, 0.15) is 5.69 Å². The number of amides is 2. The Morgan fingerprint density at radius 1 is 1.48 bits per heavy atom. The van der Waals surface area contributed by atoms with Crippen LogP contribution in [-0.2, 0) is 4.74 Å². The summed E-state index contributed by atoms with van der Waals surface area (Å²) in [5.41, 5.74) is 1.07. The molecule has 2 amide bonds. The van der Waals surface area contributed by atoms with E-state index in [4.69, 9.17) is 4.74 Å². The number of carbonyl (C=O) groups is 2. The van der Waals surface area contributed by atoms with Crippen molar-refractivity contribution in [2.45, 2.75) is 12.0 Å². The maximum atomic E-state index is 12.6. The van der Waals surface area contributed by atoms with Gasteiger partial charge in [-0.05, 0) is 17.5 Å². The van der Waals surface area contributed by atoms with Crippen LogP contribution in [0.25, 0.3) is 10.2 Å². The van der Waals surface area contributed by atoms with E-state index in [2.05, 4.69) is 4.98 Å². The maximum Gasteiger partial charge on any atom is 0.410 e. The number of hydrogen-bond acceptors (Lipinski definition) is 4. The molecule has 0 aliphatic carbocycles. The Hall–Kier alpha value is -2.02. The zero-order valence-corrected chi connectivity index (χ0v) is 12.4. The Morgan fingerprint density at radius 2 is 2.33 bits per heavy atom. The van der Waals surface area contributed by atoms with Crippen molar-refractivity contribution in [1.29, 1.82) is 0 Å². The molecule has 2 aliphatic rings. The highest BCUT2D eigenvalue weighted by atomic mass is 32.1. The first-order valence-corrected chi connectivity index (χ1v) is 7.74. The average molecular weight is 305 g/mol. The Balaban J connectivity index is 1.54. The maximum absolute atomic E-state index is 12.6. The van der Waals surface area contributed by atoms with Crippen LogP contribution in [0, 0.1) is 0 Å². The fourth-order valence-corrected chi connectivity index (χ4v) is 3.94. The van der Waals surface area contributed by atoms with Crippen molar-refractivity contribution >= 4 is 33.6 Å². The highest BCUT2D eigenvalue weighted by Crippen LogP contribution is 2.32. The van der Waals surface area contributed by atoms with Gasteiger partial charge in [0.15, 0.2) is 5.60 Å². The van der Waals surface area contributed by atoms with Crippen molar-refractivity contribution in [1.82, 2.24) is 14.8 Å². The normalized spacial score (nSPS) is 25.3. The minimum atomic E-state index is -0.522. The van der Waals surface area contributed by atoms with E-state index in [-0.39, 0.29) is 12.0 Å². The van der Waals surface area contributed by atoms with Crippen LogP contribution in [0.5, 0.6) is 0 Å². The van der Waals surface area contributed by atoms with E-state index in [1.54, 1.807) is 28.2 Å². The number of likely N-dealkylation sites (N-methyl/N-ethyl adjacent to an activating group) is 1. The van der Waals surface area contributed by atoms with Crippen LogP contribution in [0.1, 0.15) is 16.9 Å². The number of aromatic amines is 1. The summed E-state index contributed by atoms with van der Waals surface area (Å²) in [6.45, 7) is 1.64. The summed E-state index contributed by atoms with van der Waals surface area (Å²) in [5.74, 6) is -0.0270. The Bertz CT molecular complexity index is 708. The number of thiophene rings is 1. The lowest BCUT2D eigenvalue weighted by Crippen LogP contribution is -2.39.